The molecule has 0 amide bonds. The van der Waals surface area contributed by atoms with Crippen LogP contribution in [-0.4, -0.2) is 16.1 Å². The number of hydrogen-bond donors (Lipinski definition) is 1. The predicted octanol–water partition coefficient (Wildman–Crippen LogP) is 4.07. The van der Waals surface area contributed by atoms with Crippen molar-refractivity contribution in [2.24, 2.45) is 5.10 Å². The van der Waals surface area contributed by atoms with E-state index in [1.54, 1.807) is 6.07 Å². The fourth-order valence-electron chi connectivity index (χ4n) is 1.47. The smallest absolute Gasteiger partial charge is 0.301 e. The van der Waals surface area contributed by atoms with Gasteiger partial charge in [-0.1, -0.05) is 0 Å². The lowest BCUT2D eigenvalue weighted by Gasteiger charge is -2.01. The molecule has 0 bridgehead atoms. The van der Waals surface area contributed by atoms with E-state index in [4.69, 9.17) is 4.42 Å². The average molecular weight is 434 g/mol. The summed E-state index contributed by atoms with van der Waals surface area (Å²) in [5, 5.41) is 25.4. The first-order valence-corrected chi connectivity index (χ1v) is 7.14. The van der Waals surface area contributed by atoms with Gasteiger partial charge in [-0.15, -0.1) is 0 Å². The highest BCUT2D eigenvalue weighted by atomic mass is 79.9. The lowest BCUT2D eigenvalue weighted by Crippen LogP contribution is -1.98. The summed E-state index contributed by atoms with van der Waals surface area (Å²) in [7, 11) is 0. The summed E-state index contributed by atoms with van der Waals surface area (Å²) in [6.45, 7) is 0. The summed E-state index contributed by atoms with van der Waals surface area (Å²) in [4.78, 5) is 20.1. The Bertz CT molecular complexity index is 754. The average Bonchev–Trinajstić information content (AvgIpc) is 2.77. The van der Waals surface area contributed by atoms with Gasteiger partial charge in [-0.3, -0.25) is 25.7 Å². The third-order valence-corrected chi connectivity index (χ3v) is 4.14. The maximum atomic E-state index is 10.9. The topological polar surface area (TPSA) is 124 Å². The molecule has 0 aliphatic carbocycles. The van der Waals surface area contributed by atoms with E-state index in [2.05, 4.69) is 42.4 Å². The molecule has 0 spiro atoms. The number of benzene rings is 1. The van der Waals surface area contributed by atoms with E-state index in [1.165, 1.54) is 12.3 Å². The highest BCUT2D eigenvalue weighted by Gasteiger charge is 2.19. The number of non-ortho nitro benzene ring substituents is 1. The molecule has 0 unspecified atom stereocenters. The Morgan fingerprint density at radius 1 is 1.18 bits per heavy atom. The van der Waals surface area contributed by atoms with Gasteiger partial charge in [0.05, 0.1) is 26.6 Å². The van der Waals surface area contributed by atoms with Crippen LogP contribution in [-0.2, 0) is 0 Å². The standard InChI is InChI=1S/C11H6Br2N4O5/c12-8-4-7(22-11(8)13)5-14-15-9-2-1-6(16(18)19)3-10(9)17(20)21/h1-5,15H/b14-5+. The van der Waals surface area contributed by atoms with Crippen LogP contribution in [0.2, 0.25) is 0 Å². The van der Waals surface area contributed by atoms with Crippen molar-refractivity contribution < 1.29 is 14.3 Å². The van der Waals surface area contributed by atoms with Crippen LogP contribution in [0.1, 0.15) is 5.76 Å². The van der Waals surface area contributed by atoms with Crippen LogP contribution in [0.5, 0.6) is 0 Å². The summed E-state index contributed by atoms with van der Waals surface area (Å²) in [5.74, 6) is 0.399. The van der Waals surface area contributed by atoms with Gasteiger partial charge in [-0.05, 0) is 37.9 Å². The highest BCUT2D eigenvalue weighted by Crippen LogP contribution is 2.29. The minimum absolute atomic E-state index is 0.0246. The molecule has 0 radical (unpaired) electrons. The number of furan rings is 1. The summed E-state index contributed by atoms with van der Waals surface area (Å²) < 4.78 is 6.41. The van der Waals surface area contributed by atoms with Crippen LogP contribution < -0.4 is 5.43 Å². The van der Waals surface area contributed by atoms with Crippen LogP contribution in [0.3, 0.4) is 0 Å². The predicted molar refractivity (Wildman–Crippen MR) is 85.1 cm³/mol. The Hall–Kier alpha value is -2.27. The summed E-state index contributed by atoms with van der Waals surface area (Å²) in [6, 6.07) is 4.85. The number of halogens is 2. The van der Waals surface area contributed by atoms with Gasteiger partial charge in [0.15, 0.2) is 4.67 Å². The van der Waals surface area contributed by atoms with Crippen molar-refractivity contribution in [3.05, 3.63) is 59.4 Å². The normalized spacial score (nSPS) is 10.8. The van der Waals surface area contributed by atoms with Crippen molar-refractivity contribution in [2.45, 2.75) is 0 Å². The van der Waals surface area contributed by atoms with Gasteiger partial charge >= 0.3 is 5.69 Å². The number of nitrogens with one attached hydrogen (secondary N) is 1. The molecule has 2 aromatic rings. The second kappa shape index (κ2) is 6.66. The molecular formula is C11H6Br2N4O5. The first-order chi connectivity index (χ1) is 10.4. The van der Waals surface area contributed by atoms with Gasteiger partial charge in [0.25, 0.3) is 5.69 Å². The second-order valence-electron chi connectivity index (χ2n) is 3.86. The summed E-state index contributed by atoms with van der Waals surface area (Å²) in [5.41, 5.74) is 1.65. The molecular weight excluding hydrogens is 428 g/mol. The zero-order valence-corrected chi connectivity index (χ0v) is 13.7. The van der Waals surface area contributed by atoms with Crippen molar-refractivity contribution in [3.8, 4) is 0 Å². The molecule has 114 valence electrons. The van der Waals surface area contributed by atoms with Gasteiger partial charge in [0.1, 0.15) is 11.4 Å². The molecule has 1 aromatic heterocycles. The maximum Gasteiger partial charge on any atom is 0.301 e. The number of hydrogen-bond acceptors (Lipinski definition) is 7. The number of hydrazone groups is 1. The highest BCUT2D eigenvalue weighted by molar-refractivity contribution is 9.13. The van der Waals surface area contributed by atoms with Crippen molar-refractivity contribution in [1.29, 1.82) is 0 Å². The Labute approximate surface area is 139 Å². The van der Waals surface area contributed by atoms with Gasteiger partial charge in [0.2, 0.25) is 0 Å². The lowest BCUT2D eigenvalue weighted by atomic mass is 10.2. The first-order valence-electron chi connectivity index (χ1n) is 5.55. The quantitative estimate of drug-likeness (QED) is 0.430. The van der Waals surface area contributed by atoms with Crippen molar-refractivity contribution in [1.82, 2.24) is 0 Å². The van der Waals surface area contributed by atoms with E-state index in [-0.39, 0.29) is 11.4 Å². The molecule has 11 heteroatoms. The zero-order valence-electron chi connectivity index (χ0n) is 10.5. The third kappa shape index (κ3) is 3.68. The Balaban J connectivity index is 2.22. The van der Waals surface area contributed by atoms with Gasteiger partial charge in [-0.25, -0.2) is 0 Å². The largest absolute Gasteiger partial charge is 0.447 e. The molecule has 0 fully saturated rings. The molecule has 22 heavy (non-hydrogen) atoms. The number of nitrogens with zero attached hydrogens (tertiary/aromatic N) is 3. The Kier molecular flexibility index (Phi) is 4.88. The van der Waals surface area contributed by atoms with Crippen LogP contribution in [0, 0.1) is 20.2 Å². The molecule has 2 rings (SSSR count). The van der Waals surface area contributed by atoms with E-state index in [0.717, 1.165) is 12.1 Å². The molecule has 0 atom stereocenters. The molecule has 1 heterocycles. The molecule has 0 aliphatic rings. The first kappa shape index (κ1) is 16.1. The summed E-state index contributed by atoms with van der Waals surface area (Å²) >= 11 is 6.39. The minimum Gasteiger partial charge on any atom is -0.447 e. The number of nitro benzene ring substituents is 2. The van der Waals surface area contributed by atoms with Crippen LogP contribution in [0.25, 0.3) is 0 Å². The van der Waals surface area contributed by atoms with Crippen LogP contribution >= 0.6 is 31.9 Å². The van der Waals surface area contributed by atoms with Gasteiger partial charge in [0, 0.05) is 12.1 Å². The van der Waals surface area contributed by atoms with Crippen molar-refractivity contribution >= 4 is 55.1 Å². The third-order valence-electron chi connectivity index (χ3n) is 2.43. The number of anilines is 1. The molecule has 1 N–H and O–H groups in total. The molecule has 0 aliphatic heterocycles. The fraction of sp³-hybridized carbons (Fsp3) is 0. The van der Waals surface area contributed by atoms with E-state index >= 15 is 0 Å². The second-order valence-corrected chi connectivity index (χ2v) is 5.43. The fourth-order valence-corrected chi connectivity index (χ4v) is 2.08. The van der Waals surface area contributed by atoms with Crippen LogP contribution in [0.4, 0.5) is 17.1 Å². The van der Waals surface area contributed by atoms with Crippen LogP contribution in [0.15, 0.2) is 42.9 Å². The van der Waals surface area contributed by atoms with E-state index < -0.39 is 15.5 Å². The summed E-state index contributed by atoms with van der Waals surface area (Å²) in [6.07, 6.45) is 1.31. The van der Waals surface area contributed by atoms with Gasteiger partial charge < -0.3 is 4.42 Å². The Morgan fingerprint density at radius 3 is 2.45 bits per heavy atom. The van der Waals surface area contributed by atoms with E-state index in [9.17, 15) is 20.2 Å². The van der Waals surface area contributed by atoms with Crippen molar-refractivity contribution in [3.63, 3.8) is 0 Å². The van der Waals surface area contributed by atoms with Crippen molar-refractivity contribution in [2.75, 3.05) is 5.43 Å². The van der Waals surface area contributed by atoms with E-state index in [1.807, 2.05) is 0 Å². The number of nitro groups is 2. The zero-order chi connectivity index (χ0) is 16.3. The monoisotopic (exact) mass is 432 g/mol. The Morgan fingerprint density at radius 2 is 1.91 bits per heavy atom. The molecule has 0 saturated carbocycles. The number of rotatable bonds is 5. The molecule has 1 aromatic carbocycles. The minimum atomic E-state index is -0.731. The maximum absolute atomic E-state index is 10.9. The molecule has 9 nitrogen and oxygen atoms in total. The van der Waals surface area contributed by atoms with E-state index in [0.29, 0.717) is 14.9 Å². The van der Waals surface area contributed by atoms with Gasteiger partial charge in [-0.2, -0.15) is 5.10 Å². The molecule has 0 saturated heterocycles. The lowest BCUT2D eigenvalue weighted by molar-refractivity contribution is -0.393. The SMILES string of the molecule is O=[N+]([O-])c1ccc(N/N=C/c2cc(Br)c(Br)o2)c([N+](=O)[O-])c1.